The molecular formula is C15H19NO3S. The molecule has 0 unspecified atom stereocenters. The molecule has 2 rings (SSSR count). The third-order valence-corrected chi connectivity index (χ3v) is 4.66. The molecule has 1 aliphatic heterocycles. The van der Waals surface area contributed by atoms with Gasteiger partial charge in [0.2, 0.25) is 5.91 Å². The number of carbonyl (C=O) groups excluding carboxylic acids is 2. The first-order valence-corrected chi connectivity index (χ1v) is 7.51. The highest BCUT2D eigenvalue weighted by Crippen LogP contribution is 2.39. The lowest BCUT2D eigenvalue weighted by atomic mass is 10.00. The first kappa shape index (κ1) is 14.8. The summed E-state index contributed by atoms with van der Waals surface area (Å²) in [6.07, 6.45) is 2.16. The van der Waals surface area contributed by atoms with Crippen molar-refractivity contribution in [2.24, 2.45) is 5.92 Å². The van der Waals surface area contributed by atoms with Gasteiger partial charge < -0.3 is 9.64 Å². The molecule has 0 aromatic carbocycles. The van der Waals surface area contributed by atoms with Gasteiger partial charge in [0, 0.05) is 29.8 Å². The van der Waals surface area contributed by atoms with E-state index in [4.69, 9.17) is 4.74 Å². The van der Waals surface area contributed by atoms with Crippen molar-refractivity contribution < 1.29 is 14.3 Å². The van der Waals surface area contributed by atoms with E-state index in [1.165, 1.54) is 0 Å². The summed E-state index contributed by atoms with van der Waals surface area (Å²) in [6, 6.07) is 4.02. The molecule has 1 aliphatic rings. The van der Waals surface area contributed by atoms with E-state index >= 15 is 0 Å². The summed E-state index contributed by atoms with van der Waals surface area (Å²) in [6.45, 7) is 3.81. The third-order valence-electron chi connectivity index (χ3n) is 3.71. The van der Waals surface area contributed by atoms with Crippen LogP contribution in [0.1, 0.15) is 31.2 Å². The smallest absolute Gasteiger partial charge is 0.333 e. The topological polar surface area (TPSA) is 46.6 Å². The maximum Gasteiger partial charge on any atom is 0.333 e. The second kappa shape index (κ2) is 6.22. The van der Waals surface area contributed by atoms with Gasteiger partial charge >= 0.3 is 5.97 Å². The summed E-state index contributed by atoms with van der Waals surface area (Å²) in [5.41, 5.74) is 0.593. The Morgan fingerprint density at radius 2 is 2.35 bits per heavy atom. The largest absolute Gasteiger partial charge is 0.462 e. The molecule has 2 atom stereocenters. The van der Waals surface area contributed by atoms with Gasteiger partial charge in [-0.1, -0.05) is 12.1 Å². The minimum atomic E-state index is -0.306. The molecule has 1 saturated heterocycles. The van der Waals surface area contributed by atoms with Crippen LogP contribution in [0.25, 0.3) is 0 Å². The average Bonchev–Trinajstić information content (AvgIpc) is 3.04. The fourth-order valence-electron chi connectivity index (χ4n) is 2.40. The summed E-state index contributed by atoms with van der Waals surface area (Å²) in [5, 5.41) is 2.00. The Bertz CT molecular complexity index is 521. The summed E-state index contributed by atoms with van der Waals surface area (Å²) >= 11 is 1.63. The standard InChI is InChI=1S/C15H19NO3S/c1-4-10(2)15(18)19-9-11-8-13(17)16(3)14(11)12-6-5-7-20-12/h4-7,11,14H,8-9H2,1-3H3/b10-4+/t11-,14-/m1/s1. The lowest BCUT2D eigenvalue weighted by Gasteiger charge is -2.23. The molecule has 0 radical (unpaired) electrons. The van der Waals surface area contributed by atoms with Crippen molar-refractivity contribution in [2.75, 3.05) is 13.7 Å². The first-order valence-electron chi connectivity index (χ1n) is 6.63. The fraction of sp³-hybridized carbons (Fsp3) is 0.467. The summed E-state index contributed by atoms with van der Waals surface area (Å²) in [5.74, 6) is -0.175. The van der Waals surface area contributed by atoms with Crippen LogP contribution in [-0.4, -0.2) is 30.4 Å². The van der Waals surface area contributed by atoms with Crippen LogP contribution >= 0.6 is 11.3 Å². The lowest BCUT2D eigenvalue weighted by Crippen LogP contribution is -2.25. The zero-order valence-corrected chi connectivity index (χ0v) is 12.8. The maximum absolute atomic E-state index is 11.9. The van der Waals surface area contributed by atoms with E-state index in [0.717, 1.165) is 4.88 Å². The fourth-order valence-corrected chi connectivity index (χ4v) is 3.36. The van der Waals surface area contributed by atoms with E-state index in [-0.39, 0.29) is 30.4 Å². The SMILES string of the molecule is C/C=C(\C)C(=O)OC[C@H]1CC(=O)N(C)[C@H]1c1cccs1. The van der Waals surface area contributed by atoms with Crippen LogP contribution in [0.2, 0.25) is 0 Å². The molecule has 108 valence electrons. The second-order valence-corrected chi connectivity index (χ2v) is 5.98. The van der Waals surface area contributed by atoms with Crippen molar-refractivity contribution in [2.45, 2.75) is 26.3 Å². The highest BCUT2D eigenvalue weighted by molar-refractivity contribution is 7.10. The molecule has 1 amide bonds. The second-order valence-electron chi connectivity index (χ2n) is 5.00. The van der Waals surface area contributed by atoms with Crippen LogP contribution in [-0.2, 0) is 14.3 Å². The molecule has 20 heavy (non-hydrogen) atoms. The molecule has 0 saturated carbocycles. The zero-order valence-electron chi connectivity index (χ0n) is 12.0. The van der Waals surface area contributed by atoms with Crippen molar-refractivity contribution in [1.29, 1.82) is 0 Å². The van der Waals surface area contributed by atoms with Crippen LogP contribution in [0.4, 0.5) is 0 Å². The predicted molar refractivity (Wildman–Crippen MR) is 78.3 cm³/mol. The number of likely N-dealkylation sites (tertiary alicyclic amines) is 1. The number of nitrogens with zero attached hydrogens (tertiary/aromatic N) is 1. The lowest BCUT2D eigenvalue weighted by molar-refractivity contribution is -0.140. The Labute approximate surface area is 123 Å². The van der Waals surface area contributed by atoms with E-state index in [1.54, 1.807) is 36.2 Å². The van der Waals surface area contributed by atoms with E-state index < -0.39 is 0 Å². The molecule has 2 heterocycles. The predicted octanol–water partition coefficient (Wildman–Crippen LogP) is 2.78. The van der Waals surface area contributed by atoms with Crippen molar-refractivity contribution in [1.82, 2.24) is 4.90 Å². The maximum atomic E-state index is 11.9. The van der Waals surface area contributed by atoms with Crippen LogP contribution in [0.3, 0.4) is 0 Å². The van der Waals surface area contributed by atoms with Gasteiger partial charge in [-0.2, -0.15) is 0 Å². The minimum Gasteiger partial charge on any atom is -0.462 e. The summed E-state index contributed by atoms with van der Waals surface area (Å²) < 4.78 is 5.32. The summed E-state index contributed by atoms with van der Waals surface area (Å²) in [7, 11) is 1.81. The van der Waals surface area contributed by atoms with Crippen molar-refractivity contribution in [3.63, 3.8) is 0 Å². The van der Waals surface area contributed by atoms with Gasteiger partial charge in [0.15, 0.2) is 0 Å². The number of amides is 1. The van der Waals surface area contributed by atoms with E-state index in [9.17, 15) is 9.59 Å². The molecule has 0 spiro atoms. The number of hydrogen-bond donors (Lipinski definition) is 0. The third kappa shape index (κ3) is 2.93. The monoisotopic (exact) mass is 293 g/mol. The number of rotatable bonds is 4. The van der Waals surface area contributed by atoms with Crippen molar-refractivity contribution in [3.8, 4) is 0 Å². The Morgan fingerprint density at radius 1 is 1.60 bits per heavy atom. The zero-order chi connectivity index (χ0) is 14.7. The number of ether oxygens (including phenoxy) is 1. The Kier molecular flexibility index (Phi) is 4.60. The van der Waals surface area contributed by atoms with Gasteiger partial charge in [-0.15, -0.1) is 11.3 Å². The molecule has 1 aromatic heterocycles. The Hall–Kier alpha value is -1.62. The van der Waals surface area contributed by atoms with Gasteiger partial charge in [-0.05, 0) is 25.3 Å². The molecule has 1 fully saturated rings. The number of thiophene rings is 1. The van der Waals surface area contributed by atoms with Gasteiger partial charge in [0.05, 0.1) is 12.6 Å². The Balaban J connectivity index is 2.06. The Morgan fingerprint density at radius 3 is 2.95 bits per heavy atom. The van der Waals surface area contributed by atoms with Crippen LogP contribution in [0.5, 0.6) is 0 Å². The quantitative estimate of drug-likeness (QED) is 0.633. The van der Waals surface area contributed by atoms with E-state index in [2.05, 4.69) is 0 Å². The molecule has 1 aromatic rings. The van der Waals surface area contributed by atoms with Gasteiger partial charge in [0.25, 0.3) is 0 Å². The van der Waals surface area contributed by atoms with Crippen LogP contribution in [0, 0.1) is 5.92 Å². The average molecular weight is 293 g/mol. The minimum absolute atomic E-state index is 0.0150. The summed E-state index contributed by atoms with van der Waals surface area (Å²) in [4.78, 5) is 26.5. The van der Waals surface area contributed by atoms with E-state index in [1.807, 2.05) is 24.6 Å². The molecule has 0 aliphatic carbocycles. The highest BCUT2D eigenvalue weighted by Gasteiger charge is 2.39. The molecule has 0 bridgehead atoms. The van der Waals surface area contributed by atoms with Crippen LogP contribution < -0.4 is 0 Å². The normalized spacial score (nSPS) is 23.2. The van der Waals surface area contributed by atoms with Crippen molar-refractivity contribution in [3.05, 3.63) is 34.0 Å². The number of esters is 1. The molecule has 4 nitrogen and oxygen atoms in total. The van der Waals surface area contributed by atoms with Gasteiger partial charge in [-0.3, -0.25) is 4.79 Å². The molecular weight excluding hydrogens is 274 g/mol. The first-order chi connectivity index (χ1) is 9.54. The number of allylic oxidation sites excluding steroid dienone is 1. The number of hydrogen-bond acceptors (Lipinski definition) is 4. The van der Waals surface area contributed by atoms with Crippen LogP contribution in [0.15, 0.2) is 29.2 Å². The number of carbonyl (C=O) groups is 2. The van der Waals surface area contributed by atoms with Gasteiger partial charge in [0.1, 0.15) is 0 Å². The van der Waals surface area contributed by atoms with Gasteiger partial charge in [-0.25, -0.2) is 4.79 Å². The molecule has 0 N–H and O–H groups in total. The highest BCUT2D eigenvalue weighted by atomic mass is 32.1. The van der Waals surface area contributed by atoms with E-state index in [0.29, 0.717) is 12.0 Å². The van der Waals surface area contributed by atoms with Crippen molar-refractivity contribution >= 4 is 23.2 Å². The molecule has 5 heteroatoms.